The number of rotatable bonds is 4. The first kappa shape index (κ1) is 17.1. The summed E-state index contributed by atoms with van der Waals surface area (Å²) in [5, 5.41) is 11.7. The lowest BCUT2D eigenvalue weighted by molar-refractivity contribution is -0.120. The number of aromatic nitrogens is 4. The summed E-state index contributed by atoms with van der Waals surface area (Å²) < 4.78 is 0. The zero-order valence-electron chi connectivity index (χ0n) is 14.8. The molecule has 27 heavy (non-hydrogen) atoms. The molecule has 0 bridgehead atoms. The Hall–Kier alpha value is -3.35. The molecule has 4 rings (SSSR count). The highest BCUT2D eigenvalue weighted by molar-refractivity contribution is 5.92. The maximum atomic E-state index is 12.6. The van der Waals surface area contributed by atoms with Crippen molar-refractivity contribution in [2.24, 2.45) is 5.92 Å². The highest BCUT2D eigenvalue weighted by atomic mass is 16.1. The number of piperidine rings is 1. The Kier molecular flexibility index (Phi) is 5.00. The van der Waals surface area contributed by atoms with Crippen molar-refractivity contribution in [3.63, 3.8) is 0 Å². The smallest absolute Gasteiger partial charge is 0.229 e. The molecule has 136 valence electrons. The number of carbonyl (C=O) groups excluding carboxylic acids is 1. The van der Waals surface area contributed by atoms with E-state index in [1.165, 1.54) is 0 Å². The first-order chi connectivity index (χ1) is 13.3. The number of hydrogen-bond acceptors (Lipinski definition) is 6. The van der Waals surface area contributed by atoms with E-state index < -0.39 is 0 Å². The molecule has 0 spiro atoms. The predicted octanol–water partition coefficient (Wildman–Crippen LogP) is 2.79. The van der Waals surface area contributed by atoms with E-state index in [2.05, 4.69) is 30.4 Å². The molecule has 1 unspecified atom stereocenters. The number of nitrogens with one attached hydrogen (secondary N) is 1. The van der Waals surface area contributed by atoms with Gasteiger partial charge in [0.15, 0.2) is 5.82 Å². The first-order valence-corrected chi connectivity index (χ1v) is 8.99. The van der Waals surface area contributed by atoms with Crippen molar-refractivity contribution < 1.29 is 4.79 Å². The second kappa shape index (κ2) is 7.90. The van der Waals surface area contributed by atoms with Crippen molar-refractivity contribution in [2.75, 3.05) is 23.3 Å². The minimum absolute atomic E-state index is 0.0332. The molecule has 1 N–H and O–H groups in total. The molecule has 4 heterocycles. The Morgan fingerprint density at radius 3 is 2.67 bits per heavy atom. The number of hydrogen-bond donors (Lipinski definition) is 1. The van der Waals surface area contributed by atoms with Crippen molar-refractivity contribution in [3.8, 4) is 11.3 Å². The summed E-state index contributed by atoms with van der Waals surface area (Å²) in [6.07, 6.45) is 8.65. The second-order valence-corrected chi connectivity index (χ2v) is 6.53. The fraction of sp³-hybridized carbons (Fsp3) is 0.250. The summed E-state index contributed by atoms with van der Waals surface area (Å²) in [5.74, 6) is 0.751. The lowest BCUT2D eigenvalue weighted by Gasteiger charge is -2.32. The highest BCUT2D eigenvalue weighted by Gasteiger charge is 2.26. The molecule has 1 aliphatic heterocycles. The summed E-state index contributed by atoms with van der Waals surface area (Å²) in [6, 6.07) is 11.3. The molecule has 0 radical (unpaired) electrons. The van der Waals surface area contributed by atoms with Gasteiger partial charge in [-0.25, -0.2) is 0 Å². The van der Waals surface area contributed by atoms with E-state index in [9.17, 15) is 4.79 Å². The minimum Gasteiger partial charge on any atom is -0.354 e. The summed E-state index contributed by atoms with van der Waals surface area (Å²) in [6.45, 7) is 1.51. The summed E-state index contributed by atoms with van der Waals surface area (Å²) in [7, 11) is 0. The fourth-order valence-corrected chi connectivity index (χ4v) is 3.24. The number of anilines is 2. The number of pyridine rings is 2. The first-order valence-electron chi connectivity index (χ1n) is 8.99. The molecule has 0 aliphatic carbocycles. The maximum absolute atomic E-state index is 12.6. The van der Waals surface area contributed by atoms with Crippen molar-refractivity contribution in [3.05, 3.63) is 61.2 Å². The number of amides is 1. The van der Waals surface area contributed by atoms with E-state index in [1.807, 2.05) is 24.3 Å². The lowest BCUT2D eigenvalue weighted by Crippen LogP contribution is -2.41. The van der Waals surface area contributed by atoms with E-state index >= 15 is 0 Å². The molecule has 0 aromatic carbocycles. The van der Waals surface area contributed by atoms with E-state index in [0.29, 0.717) is 6.54 Å². The molecule has 1 fully saturated rings. The van der Waals surface area contributed by atoms with Crippen LogP contribution < -0.4 is 10.2 Å². The van der Waals surface area contributed by atoms with Crippen LogP contribution in [0.5, 0.6) is 0 Å². The number of carbonyl (C=O) groups is 1. The van der Waals surface area contributed by atoms with Crippen LogP contribution >= 0.6 is 0 Å². The predicted molar refractivity (Wildman–Crippen MR) is 103 cm³/mol. The summed E-state index contributed by atoms with van der Waals surface area (Å²) in [4.78, 5) is 22.8. The van der Waals surface area contributed by atoms with Crippen LogP contribution in [0.4, 0.5) is 11.5 Å². The largest absolute Gasteiger partial charge is 0.354 e. The minimum atomic E-state index is -0.0771. The van der Waals surface area contributed by atoms with Crippen LogP contribution in [0.15, 0.2) is 61.2 Å². The molecule has 7 heteroatoms. The topological polar surface area (TPSA) is 83.9 Å². The normalized spacial score (nSPS) is 16.7. The zero-order valence-corrected chi connectivity index (χ0v) is 14.8. The van der Waals surface area contributed by atoms with Crippen molar-refractivity contribution >= 4 is 17.4 Å². The fourth-order valence-electron chi connectivity index (χ4n) is 3.24. The van der Waals surface area contributed by atoms with Crippen LogP contribution in [0.25, 0.3) is 11.3 Å². The van der Waals surface area contributed by atoms with Crippen LogP contribution in [-0.4, -0.2) is 39.2 Å². The lowest BCUT2D eigenvalue weighted by atomic mass is 9.97. The summed E-state index contributed by atoms with van der Waals surface area (Å²) >= 11 is 0. The van der Waals surface area contributed by atoms with Gasteiger partial charge in [0.1, 0.15) is 0 Å². The van der Waals surface area contributed by atoms with E-state index in [1.54, 1.807) is 36.9 Å². The Bertz CT molecular complexity index is 885. The quantitative estimate of drug-likeness (QED) is 0.770. The molecular formula is C20H20N6O. The molecule has 1 atom stereocenters. The standard InChI is InChI=1S/C20H20N6O/c27-20(23-17-7-10-21-11-8-17)16-4-2-12-26(14-16)19-6-5-18(24-25-19)15-3-1-9-22-13-15/h1,3,5-11,13,16H,2,4,12,14H2,(H,21,23,27). The SMILES string of the molecule is O=C(Nc1ccncc1)C1CCCN(c2ccc(-c3cccnc3)nn2)C1. The molecule has 7 nitrogen and oxygen atoms in total. The average Bonchev–Trinajstić information content (AvgIpc) is 2.75. The van der Waals surface area contributed by atoms with Crippen LogP contribution in [0.1, 0.15) is 12.8 Å². The van der Waals surface area contributed by atoms with Gasteiger partial charge < -0.3 is 10.2 Å². The van der Waals surface area contributed by atoms with Crippen LogP contribution in [0.2, 0.25) is 0 Å². The number of nitrogens with zero attached hydrogens (tertiary/aromatic N) is 5. The molecule has 0 saturated carbocycles. The third-order valence-corrected chi connectivity index (χ3v) is 4.67. The third kappa shape index (κ3) is 4.08. The van der Waals surface area contributed by atoms with E-state index in [4.69, 9.17) is 0 Å². The van der Waals surface area contributed by atoms with Gasteiger partial charge in [-0.2, -0.15) is 0 Å². The second-order valence-electron chi connectivity index (χ2n) is 6.53. The zero-order chi connectivity index (χ0) is 18.5. The Labute approximate surface area is 157 Å². The Morgan fingerprint density at radius 2 is 1.93 bits per heavy atom. The van der Waals surface area contributed by atoms with Crippen LogP contribution in [-0.2, 0) is 4.79 Å². The van der Waals surface area contributed by atoms with Gasteiger partial charge in [-0.05, 0) is 49.2 Å². The maximum Gasteiger partial charge on any atom is 0.229 e. The van der Waals surface area contributed by atoms with Gasteiger partial charge >= 0.3 is 0 Å². The highest BCUT2D eigenvalue weighted by Crippen LogP contribution is 2.24. The van der Waals surface area contributed by atoms with Gasteiger partial charge in [-0.15, -0.1) is 10.2 Å². The monoisotopic (exact) mass is 360 g/mol. The van der Waals surface area contributed by atoms with Gasteiger partial charge in [0.25, 0.3) is 0 Å². The third-order valence-electron chi connectivity index (χ3n) is 4.67. The van der Waals surface area contributed by atoms with Crippen LogP contribution in [0.3, 0.4) is 0 Å². The Morgan fingerprint density at radius 1 is 1.04 bits per heavy atom. The van der Waals surface area contributed by atoms with E-state index in [0.717, 1.165) is 42.1 Å². The van der Waals surface area contributed by atoms with Gasteiger partial charge in [0.2, 0.25) is 5.91 Å². The molecule has 3 aromatic rings. The molecule has 1 amide bonds. The van der Waals surface area contributed by atoms with Crippen molar-refractivity contribution in [2.45, 2.75) is 12.8 Å². The molecular weight excluding hydrogens is 340 g/mol. The van der Waals surface area contributed by atoms with Gasteiger partial charge in [-0.1, -0.05) is 0 Å². The summed E-state index contributed by atoms with van der Waals surface area (Å²) in [5.41, 5.74) is 2.49. The van der Waals surface area contributed by atoms with Crippen molar-refractivity contribution in [1.29, 1.82) is 0 Å². The molecule has 3 aromatic heterocycles. The van der Waals surface area contributed by atoms with Gasteiger partial charge in [0.05, 0.1) is 11.6 Å². The van der Waals surface area contributed by atoms with Gasteiger partial charge in [-0.3, -0.25) is 14.8 Å². The average molecular weight is 360 g/mol. The van der Waals surface area contributed by atoms with Gasteiger partial charge in [0, 0.05) is 49.1 Å². The molecule has 1 saturated heterocycles. The Balaban J connectivity index is 1.43. The van der Waals surface area contributed by atoms with E-state index in [-0.39, 0.29) is 11.8 Å². The van der Waals surface area contributed by atoms with Crippen LogP contribution in [0, 0.1) is 5.92 Å². The molecule has 1 aliphatic rings. The van der Waals surface area contributed by atoms with Crippen molar-refractivity contribution in [1.82, 2.24) is 20.2 Å².